The molecule has 2 heteroatoms. The maximum Gasteiger partial charge on any atom is 0.0161 e. The van der Waals surface area contributed by atoms with E-state index in [9.17, 15) is 0 Å². The molecule has 0 N–H and O–H groups in total. The summed E-state index contributed by atoms with van der Waals surface area (Å²) in [4.78, 5) is 0. The summed E-state index contributed by atoms with van der Waals surface area (Å²) >= 11 is 9.11. The predicted molar refractivity (Wildman–Crippen MR) is 55.6 cm³/mol. The first kappa shape index (κ1) is 8.31. The maximum atomic E-state index is 4.82. The molecule has 0 aromatic carbocycles. The number of hydrogen-bond acceptors (Lipinski definition) is 2. The normalized spacial score (nSPS) is 48.5. The van der Waals surface area contributed by atoms with E-state index >= 15 is 0 Å². The second kappa shape index (κ2) is 2.88. The molecule has 2 saturated carbocycles. The molecule has 2 aliphatic carbocycles. The van der Waals surface area contributed by atoms with Gasteiger partial charge in [0.2, 0.25) is 0 Å². The summed E-state index contributed by atoms with van der Waals surface area (Å²) in [5, 5.41) is 0. The molecule has 2 fully saturated rings. The van der Waals surface area contributed by atoms with Gasteiger partial charge in [-0.25, -0.2) is 0 Å². The lowest BCUT2D eigenvalue weighted by Crippen LogP contribution is -2.26. The standard InChI is InChI=1S/C9H16S2/c10-4-2-8-5-7-1-3-9(8,11)6-7/h7-8,10-11H,1-6H2. The molecule has 64 valence electrons. The van der Waals surface area contributed by atoms with Crippen LogP contribution in [0.4, 0.5) is 0 Å². The fourth-order valence-corrected chi connectivity index (χ4v) is 3.83. The Kier molecular flexibility index (Phi) is 2.17. The fraction of sp³-hybridized carbons (Fsp3) is 1.00. The van der Waals surface area contributed by atoms with Crippen molar-refractivity contribution in [3.05, 3.63) is 0 Å². The van der Waals surface area contributed by atoms with E-state index in [0.29, 0.717) is 4.75 Å². The van der Waals surface area contributed by atoms with Gasteiger partial charge >= 0.3 is 0 Å². The van der Waals surface area contributed by atoms with Gasteiger partial charge in [-0.2, -0.15) is 25.3 Å². The molecule has 2 aliphatic rings. The van der Waals surface area contributed by atoms with E-state index in [1.165, 1.54) is 32.1 Å². The van der Waals surface area contributed by atoms with Crippen LogP contribution < -0.4 is 0 Å². The van der Waals surface area contributed by atoms with E-state index in [2.05, 4.69) is 12.6 Å². The van der Waals surface area contributed by atoms with Crippen molar-refractivity contribution in [2.24, 2.45) is 11.8 Å². The first-order valence-corrected chi connectivity index (χ1v) is 5.66. The molecular formula is C9H16S2. The molecule has 0 nitrogen and oxygen atoms in total. The Balaban J connectivity index is 2.03. The average molecular weight is 188 g/mol. The first-order chi connectivity index (χ1) is 5.24. The van der Waals surface area contributed by atoms with E-state index in [-0.39, 0.29) is 0 Å². The second-order valence-corrected chi connectivity index (χ2v) is 5.50. The Labute approximate surface area is 80.0 Å². The third-order valence-electron chi connectivity index (χ3n) is 3.48. The first-order valence-electron chi connectivity index (χ1n) is 4.58. The predicted octanol–water partition coefficient (Wildman–Crippen LogP) is 2.79. The summed E-state index contributed by atoms with van der Waals surface area (Å²) < 4.78 is 0.424. The third-order valence-corrected chi connectivity index (χ3v) is 4.51. The summed E-state index contributed by atoms with van der Waals surface area (Å²) in [7, 11) is 0. The van der Waals surface area contributed by atoms with Crippen molar-refractivity contribution in [3.63, 3.8) is 0 Å². The van der Waals surface area contributed by atoms with Crippen LogP contribution in [-0.4, -0.2) is 10.5 Å². The molecule has 0 radical (unpaired) electrons. The lowest BCUT2D eigenvalue weighted by molar-refractivity contribution is 0.356. The van der Waals surface area contributed by atoms with Crippen LogP contribution in [0.2, 0.25) is 0 Å². The van der Waals surface area contributed by atoms with Crippen molar-refractivity contribution in [2.75, 3.05) is 5.75 Å². The zero-order valence-electron chi connectivity index (χ0n) is 6.79. The Bertz CT molecular complexity index is 158. The SMILES string of the molecule is SCCC1CC2CCC1(S)C2. The van der Waals surface area contributed by atoms with Gasteiger partial charge in [-0.1, -0.05) is 0 Å². The van der Waals surface area contributed by atoms with Crippen LogP contribution in [0.15, 0.2) is 0 Å². The maximum absolute atomic E-state index is 4.82. The minimum absolute atomic E-state index is 0.424. The Morgan fingerprint density at radius 2 is 2.27 bits per heavy atom. The highest BCUT2D eigenvalue weighted by Crippen LogP contribution is 2.56. The molecule has 3 unspecified atom stereocenters. The molecule has 0 aromatic heterocycles. The number of fused-ring (bicyclic) bond motifs is 2. The molecule has 0 aliphatic heterocycles. The van der Waals surface area contributed by atoms with E-state index in [1.807, 2.05) is 0 Å². The van der Waals surface area contributed by atoms with Crippen LogP contribution in [0.25, 0.3) is 0 Å². The Hall–Kier alpha value is 0.700. The van der Waals surface area contributed by atoms with Crippen molar-refractivity contribution in [1.29, 1.82) is 0 Å². The van der Waals surface area contributed by atoms with E-state index in [1.54, 1.807) is 0 Å². The molecular weight excluding hydrogens is 172 g/mol. The highest BCUT2D eigenvalue weighted by Gasteiger charge is 2.48. The van der Waals surface area contributed by atoms with Crippen LogP contribution in [0.3, 0.4) is 0 Å². The number of rotatable bonds is 2. The smallest absolute Gasteiger partial charge is 0.0161 e. The molecule has 0 amide bonds. The van der Waals surface area contributed by atoms with Crippen molar-refractivity contribution < 1.29 is 0 Å². The average Bonchev–Trinajstić information content (AvgIpc) is 2.44. The summed E-state index contributed by atoms with van der Waals surface area (Å²) in [5.41, 5.74) is 0. The summed E-state index contributed by atoms with van der Waals surface area (Å²) in [6.07, 6.45) is 6.90. The topological polar surface area (TPSA) is 0 Å². The molecule has 3 atom stereocenters. The van der Waals surface area contributed by atoms with Crippen molar-refractivity contribution in [2.45, 2.75) is 36.9 Å². The molecule has 0 spiro atoms. The molecule has 2 rings (SSSR count). The molecule has 0 aromatic rings. The van der Waals surface area contributed by atoms with E-state index < -0.39 is 0 Å². The second-order valence-electron chi connectivity index (χ2n) is 4.16. The summed E-state index contributed by atoms with van der Waals surface area (Å²) in [5.74, 6) is 2.93. The Morgan fingerprint density at radius 3 is 2.73 bits per heavy atom. The lowest BCUT2D eigenvalue weighted by Gasteiger charge is -2.29. The van der Waals surface area contributed by atoms with Crippen molar-refractivity contribution in [1.82, 2.24) is 0 Å². The quantitative estimate of drug-likeness (QED) is 0.612. The van der Waals surface area contributed by atoms with Gasteiger partial charge in [0, 0.05) is 4.75 Å². The van der Waals surface area contributed by atoms with Crippen LogP contribution in [0, 0.1) is 11.8 Å². The fourth-order valence-electron chi connectivity index (χ4n) is 2.89. The van der Waals surface area contributed by atoms with E-state index in [4.69, 9.17) is 12.6 Å². The van der Waals surface area contributed by atoms with Gasteiger partial charge in [-0.3, -0.25) is 0 Å². The minimum Gasteiger partial charge on any atom is -0.179 e. The highest BCUT2D eigenvalue weighted by molar-refractivity contribution is 7.81. The van der Waals surface area contributed by atoms with Gasteiger partial charge in [0.1, 0.15) is 0 Å². The minimum atomic E-state index is 0.424. The molecule has 2 bridgehead atoms. The van der Waals surface area contributed by atoms with Crippen LogP contribution in [0.1, 0.15) is 32.1 Å². The zero-order chi connectivity index (χ0) is 7.90. The van der Waals surface area contributed by atoms with E-state index in [0.717, 1.165) is 17.6 Å². The molecule has 0 heterocycles. The number of thiol groups is 2. The van der Waals surface area contributed by atoms with Crippen LogP contribution in [0.5, 0.6) is 0 Å². The van der Waals surface area contributed by atoms with Gasteiger partial charge in [0.15, 0.2) is 0 Å². The monoisotopic (exact) mass is 188 g/mol. The van der Waals surface area contributed by atoms with Crippen LogP contribution in [-0.2, 0) is 0 Å². The lowest BCUT2D eigenvalue weighted by atomic mass is 9.86. The Morgan fingerprint density at radius 1 is 1.45 bits per heavy atom. The van der Waals surface area contributed by atoms with Crippen molar-refractivity contribution >= 4 is 25.3 Å². The van der Waals surface area contributed by atoms with Crippen molar-refractivity contribution in [3.8, 4) is 0 Å². The summed E-state index contributed by atoms with van der Waals surface area (Å²) in [6, 6.07) is 0. The summed E-state index contributed by atoms with van der Waals surface area (Å²) in [6.45, 7) is 0. The van der Waals surface area contributed by atoms with Gasteiger partial charge in [-0.05, 0) is 49.7 Å². The highest BCUT2D eigenvalue weighted by atomic mass is 32.1. The molecule has 11 heavy (non-hydrogen) atoms. The largest absolute Gasteiger partial charge is 0.179 e. The van der Waals surface area contributed by atoms with Gasteiger partial charge in [0.25, 0.3) is 0 Å². The third kappa shape index (κ3) is 1.33. The van der Waals surface area contributed by atoms with Gasteiger partial charge in [0.05, 0.1) is 0 Å². The zero-order valence-corrected chi connectivity index (χ0v) is 8.58. The molecule has 0 saturated heterocycles. The number of hydrogen-bond donors (Lipinski definition) is 2. The van der Waals surface area contributed by atoms with Gasteiger partial charge < -0.3 is 0 Å². The van der Waals surface area contributed by atoms with Gasteiger partial charge in [-0.15, -0.1) is 0 Å². The van der Waals surface area contributed by atoms with Crippen LogP contribution >= 0.6 is 25.3 Å².